The number of hydrogen-bond donors (Lipinski definition) is 0. The van der Waals surface area contributed by atoms with Crippen LogP contribution in [0.25, 0.3) is 22.2 Å². The van der Waals surface area contributed by atoms with Crippen LogP contribution in [0.3, 0.4) is 0 Å². The van der Waals surface area contributed by atoms with Crippen molar-refractivity contribution in [3.63, 3.8) is 0 Å². The Kier molecular flexibility index (Phi) is 3.45. The Morgan fingerprint density at radius 2 is 1.83 bits per heavy atom. The summed E-state index contributed by atoms with van der Waals surface area (Å²) in [5.74, 6) is 0. The average Bonchev–Trinajstić information content (AvgIpc) is 2.83. The van der Waals surface area contributed by atoms with Crippen molar-refractivity contribution in [1.29, 1.82) is 0 Å². The predicted octanol–water partition coefficient (Wildman–Crippen LogP) is 3.16. The van der Waals surface area contributed by atoms with Crippen LogP contribution >= 0.6 is 0 Å². The zero-order valence-corrected chi connectivity index (χ0v) is 13.4. The fraction of sp³-hybridized carbons (Fsp3) is 0.125. The molecular formula is C16H14N2O4S. The van der Waals surface area contributed by atoms with E-state index >= 15 is 0 Å². The molecule has 0 aliphatic carbocycles. The molecule has 1 heterocycles. The van der Waals surface area contributed by atoms with E-state index in [1.807, 2.05) is 23.7 Å². The molecule has 23 heavy (non-hydrogen) atoms. The molecule has 2 aromatic carbocycles. The van der Waals surface area contributed by atoms with Crippen molar-refractivity contribution >= 4 is 26.4 Å². The maximum atomic E-state index is 11.7. The predicted molar refractivity (Wildman–Crippen MR) is 88.1 cm³/mol. The lowest BCUT2D eigenvalue weighted by Crippen LogP contribution is -1.98. The smallest absolute Gasteiger partial charge is 0.270 e. The highest BCUT2D eigenvalue weighted by molar-refractivity contribution is 7.90. The van der Waals surface area contributed by atoms with Crippen LogP contribution in [0.2, 0.25) is 0 Å². The van der Waals surface area contributed by atoms with E-state index in [0.29, 0.717) is 0 Å². The van der Waals surface area contributed by atoms with E-state index < -0.39 is 14.8 Å². The fourth-order valence-corrected chi connectivity index (χ4v) is 3.28. The lowest BCUT2D eigenvalue weighted by molar-refractivity contribution is -0.384. The van der Waals surface area contributed by atoms with Crippen molar-refractivity contribution in [3.05, 3.63) is 58.6 Å². The molecule has 0 radical (unpaired) electrons. The second-order valence-electron chi connectivity index (χ2n) is 5.39. The molecule has 3 rings (SSSR count). The number of aromatic nitrogens is 1. The highest BCUT2D eigenvalue weighted by atomic mass is 32.2. The van der Waals surface area contributed by atoms with Gasteiger partial charge in [-0.2, -0.15) is 0 Å². The van der Waals surface area contributed by atoms with Gasteiger partial charge in [0.05, 0.1) is 9.82 Å². The van der Waals surface area contributed by atoms with Gasteiger partial charge in [-0.1, -0.05) is 12.1 Å². The number of hydrogen-bond acceptors (Lipinski definition) is 4. The Balaban J connectivity index is 2.21. The number of nitro groups is 1. The van der Waals surface area contributed by atoms with Crippen molar-refractivity contribution in [2.24, 2.45) is 7.05 Å². The minimum Gasteiger partial charge on any atom is -0.344 e. The molecule has 0 spiro atoms. The SMILES string of the molecule is Cn1c(-c2cccc(S(C)(=O)=O)c2)cc2cc([N+](=O)[O-])ccc21. The molecule has 7 heteroatoms. The summed E-state index contributed by atoms with van der Waals surface area (Å²) in [6, 6.07) is 13.1. The van der Waals surface area contributed by atoms with E-state index in [-0.39, 0.29) is 10.6 Å². The summed E-state index contributed by atoms with van der Waals surface area (Å²) in [6.07, 6.45) is 1.16. The van der Waals surface area contributed by atoms with Crippen LogP contribution in [0.1, 0.15) is 0 Å². The van der Waals surface area contributed by atoms with Gasteiger partial charge in [0.2, 0.25) is 0 Å². The number of benzene rings is 2. The Morgan fingerprint density at radius 3 is 2.48 bits per heavy atom. The Bertz CT molecular complexity index is 1040. The van der Waals surface area contributed by atoms with Gasteiger partial charge in [-0.3, -0.25) is 10.1 Å². The van der Waals surface area contributed by atoms with Gasteiger partial charge in [0, 0.05) is 42.0 Å². The first-order valence-electron chi connectivity index (χ1n) is 6.82. The quantitative estimate of drug-likeness (QED) is 0.545. The zero-order valence-electron chi connectivity index (χ0n) is 12.6. The van der Waals surface area contributed by atoms with Crippen molar-refractivity contribution < 1.29 is 13.3 Å². The molecule has 0 bridgehead atoms. The minimum absolute atomic E-state index is 0.0273. The fourth-order valence-electron chi connectivity index (χ4n) is 2.61. The third kappa shape index (κ3) is 2.70. The lowest BCUT2D eigenvalue weighted by atomic mass is 10.1. The van der Waals surface area contributed by atoms with Gasteiger partial charge in [-0.05, 0) is 29.8 Å². The Labute approximate surface area is 133 Å². The van der Waals surface area contributed by atoms with Crippen molar-refractivity contribution in [2.45, 2.75) is 4.90 Å². The molecular weight excluding hydrogens is 316 g/mol. The monoisotopic (exact) mass is 330 g/mol. The molecule has 6 nitrogen and oxygen atoms in total. The molecule has 3 aromatic rings. The van der Waals surface area contributed by atoms with Crippen LogP contribution < -0.4 is 0 Å². The van der Waals surface area contributed by atoms with Crippen molar-refractivity contribution in [3.8, 4) is 11.3 Å². The van der Waals surface area contributed by atoms with Crippen LogP contribution in [0.4, 0.5) is 5.69 Å². The standard InChI is InChI=1S/C16H14N2O4S/c1-17-15-7-6-13(18(19)20)8-12(15)10-16(17)11-4-3-5-14(9-11)23(2,21)22/h3-10H,1-2H3. The number of nitrogens with zero attached hydrogens (tertiary/aromatic N) is 2. The van der Waals surface area contributed by atoms with Crippen molar-refractivity contribution in [2.75, 3.05) is 6.26 Å². The van der Waals surface area contributed by atoms with E-state index in [9.17, 15) is 18.5 Å². The topological polar surface area (TPSA) is 82.2 Å². The number of sulfone groups is 1. The highest BCUT2D eigenvalue weighted by Crippen LogP contribution is 2.30. The Hall–Kier alpha value is -2.67. The van der Waals surface area contributed by atoms with Crippen LogP contribution in [-0.4, -0.2) is 24.2 Å². The molecule has 0 fully saturated rings. The van der Waals surface area contributed by atoms with E-state index in [2.05, 4.69) is 0 Å². The molecule has 0 aliphatic heterocycles. The molecule has 0 atom stereocenters. The number of nitro benzene ring substituents is 1. The third-order valence-electron chi connectivity index (χ3n) is 3.79. The second kappa shape index (κ2) is 5.20. The highest BCUT2D eigenvalue weighted by Gasteiger charge is 2.14. The van der Waals surface area contributed by atoms with Gasteiger partial charge in [0.15, 0.2) is 9.84 Å². The largest absolute Gasteiger partial charge is 0.344 e. The lowest BCUT2D eigenvalue weighted by Gasteiger charge is -2.06. The van der Waals surface area contributed by atoms with Crippen LogP contribution in [0, 0.1) is 10.1 Å². The van der Waals surface area contributed by atoms with E-state index in [0.717, 1.165) is 28.4 Å². The molecule has 0 unspecified atom stereocenters. The summed E-state index contributed by atoms with van der Waals surface area (Å²) in [6.45, 7) is 0. The molecule has 1 aromatic heterocycles. The molecule has 0 amide bonds. The molecule has 0 saturated heterocycles. The number of non-ortho nitro benzene ring substituents is 1. The van der Waals surface area contributed by atoms with Crippen LogP contribution in [0.15, 0.2) is 53.4 Å². The summed E-state index contributed by atoms with van der Waals surface area (Å²) < 4.78 is 25.3. The van der Waals surface area contributed by atoms with Gasteiger partial charge in [0.1, 0.15) is 0 Å². The summed E-state index contributed by atoms with van der Waals surface area (Å²) in [7, 11) is -1.45. The molecule has 0 aliphatic rings. The van der Waals surface area contributed by atoms with Gasteiger partial charge in [-0.25, -0.2) is 8.42 Å². The first-order chi connectivity index (χ1) is 10.8. The second-order valence-corrected chi connectivity index (χ2v) is 7.40. The normalized spacial score (nSPS) is 11.7. The van der Waals surface area contributed by atoms with Crippen LogP contribution in [0.5, 0.6) is 0 Å². The van der Waals surface area contributed by atoms with Crippen molar-refractivity contribution in [1.82, 2.24) is 4.57 Å². The first-order valence-corrected chi connectivity index (χ1v) is 8.71. The third-order valence-corrected chi connectivity index (χ3v) is 4.91. The summed E-state index contributed by atoms with van der Waals surface area (Å²) in [5, 5.41) is 11.6. The molecule has 118 valence electrons. The first kappa shape index (κ1) is 15.2. The maximum absolute atomic E-state index is 11.7. The summed E-state index contributed by atoms with van der Waals surface area (Å²) in [4.78, 5) is 10.7. The molecule has 0 N–H and O–H groups in total. The minimum atomic E-state index is -3.29. The number of aryl methyl sites for hydroxylation is 1. The van der Waals surface area contributed by atoms with E-state index in [4.69, 9.17) is 0 Å². The average molecular weight is 330 g/mol. The van der Waals surface area contributed by atoms with Gasteiger partial charge < -0.3 is 4.57 Å². The van der Waals surface area contributed by atoms with Gasteiger partial charge in [-0.15, -0.1) is 0 Å². The summed E-state index contributed by atoms with van der Waals surface area (Å²) in [5.41, 5.74) is 2.41. The van der Waals surface area contributed by atoms with Gasteiger partial charge in [0.25, 0.3) is 5.69 Å². The van der Waals surface area contributed by atoms with Gasteiger partial charge >= 0.3 is 0 Å². The molecule has 0 saturated carbocycles. The number of rotatable bonds is 3. The van der Waals surface area contributed by atoms with E-state index in [1.165, 1.54) is 12.1 Å². The van der Waals surface area contributed by atoms with E-state index in [1.54, 1.807) is 24.3 Å². The maximum Gasteiger partial charge on any atom is 0.270 e. The summed E-state index contributed by atoms with van der Waals surface area (Å²) >= 11 is 0. The number of fused-ring (bicyclic) bond motifs is 1. The van der Waals surface area contributed by atoms with Crippen LogP contribution in [-0.2, 0) is 16.9 Å². The Morgan fingerprint density at radius 1 is 1.09 bits per heavy atom. The zero-order chi connectivity index (χ0) is 16.8.